The second kappa shape index (κ2) is 4.96. The molecule has 1 amide bonds. The van der Waals surface area contributed by atoms with Crippen molar-refractivity contribution in [3.05, 3.63) is 36.3 Å². The molecular formula is C14H14FN3O2. The normalized spacial score (nSPS) is 18.4. The van der Waals surface area contributed by atoms with Gasteiger partial charge in [-0.3, -0.25) is 4.98 Å². The summed E-state index contributed by atoms with van der Waals surface area (Å²) >= 11 is 0. The van der Waals surface area contributed by atoms with Crippen molar-refractivity contribution < 1.29 is 14.3 Å². The largest absolute Gasteiger partial charge is 0.465 e. The molecule has 104 valence electrons. The predicted molar refractivity (Wildman–Crippen MR) is 73.3 cm³/mol. The van der Waals surface area contributed by atoms with Crippen molar-refractivity contribution >= 4 is 22.7 Å². The molecule has 6 heteroatoms. The van der Waals surface area contributed by atoms with Crippen molar-refractivity contribution in [2.24, 2.45) is 0 Å². The number of pyridine rings is 1. The quantitative estimate of drug-likeness (QED) is 0.884. The Morgan fingerprint density at radius 1 is 1.50 bits per heavy atom. The summed E-state index contributed by atoms with van der Waals surface area (Å²) in [5.41, 5.74) is 0.997. The van der Waals surface area contributed by atoms with E-state index in [4.69, 9.17) is 5.11 Å². The van der Waals surface area contributed by atoms with Crippen LogP contribution in [0.5, 0.6) is 0 Å². The molecule has 2 heterocycles. The maximum Gasteiger partial charge on any atom is 0.407 e. The van der Waals surface area contributed by atoms with E-state index >= 15 is 0 Å². The zero-order valence-corrected chi connectivity index (χ0v) is 10.7. The van der Waals surface area contributed by atoms with Gasteiger partial charge in [0.1, 0.15) is 5.52 Å². The Bertz CT molecular complexity index is 662. The van der Waals surface area contributed by atoms with Crippen LogP contribution in [0.1, 0.15) is 6.42 Å². The first kappa shape index (κ1) is 12.7. The minimum Gasteiger partial charge on any atom is -0.465 e. The van der Waals surface area contributed by atoms with E-state index in [1.165, 1.54) is 11.0 Å². The number of anilines is 1. The zero-order chi connectivity index (χ0) is 14.1. The summed E-state index contributed by atoms with van der Waals surface area (Å²) in [6.45, 7) is 0.923. The fourth-order valence-electron chi connectivity index (χ4n) is 2.52. The van der Waals surface area contributed by atoms with Gasteiger partial charge in [0.25, 0.3) is 0 Å². The number of nitrogens with zero attached hydrogens (tertiary/aromatic N) is 2. The van der Waals surface area contributed by atoms with Gasteiger partial charge in [0.05, 0.1) is 0 Å². The molecule has 1 aliphatic rings. The Labute approximate surface area is 115 Å². The second-order valence-corrected chi connectivity index (χ2v) is 4.89. The molecule has 2 N–H and O–H groups in total. The SMILES string of the molecule is O=C(O)N1CC[C@@H](Nc2cc(F)c3ncccc3c2)C1. The molecule has 0 aliphatic carbocycles. The van der Waals surface area contributed by atoms with Crippen LogP contribution in [0.4, 0.5) is 14.9 Å². The van der Waals surface area contributed by atoms with Crippen molar-refractivity contribution in [2.45, 2.75) is 12.5 Å². The molecular weight excluding hydrogens is 261 g/mol. The van der Waals surface area contributed by atoms with E-state index in [0.717, 1.165) is 11.8 Å². The molecule has 0 spiro atoms. The molecule has 1 aliphatic heterocycles. The maximum absolute atomic E-state index is 13.9. The van der Waals surface area contributed by atoms with Crippen LogP contribution in [-0.2, 0) is 0 Å². The van der Waals surface area contributed by atoms with Crippen LogP contribution in [0.2, 0.25) is 0 Å². The summed E-state index contributed by atoms with van der Waals surface area (Å²) in [4.78, 5) is 16.2. The van der Waals surface area contributed by atoms with E-state index in [-0.39, 0.29) is 11.9 Å². The summed E-state index contributed by atoms with van der Waals surface area (Å²) < 4.78 is 13.9. The van der Waals surface area contributed by atoms with Gasteiger partial charge in [0.2, 0.25) is 0 Å². The van der Waals surface area contributed by atoms with E-state index in [9.17, 15) is 9.18 Å². The first-order valence-electron chi connectivity index (χ1n) is 6.42. The fraction of sp³-hybridized carbons (Fsp3) is 0.286. The third kappa shape index (κ3) is 2.36. The molecule has 1 fully saturated rings. The fourth-order valence-corrected chi connectivity index (χ4v) is 2.52. The van der Waals surface area contributed by atoms with Gasteiger partial charge < -0.3 is 15.3 Å². The molecule has 1 saturated heterocycles. The van der Waals surface area contributed by atoms with Gasteiger partial charge in [-0.1, -0.05) is 6.07 Å². The average molecular weight is 275 g/mol. The lowest BCUT2D eigenvalue weighted by Gasteiger charge is -2.15. The number of likely N-dealkylation sites (tertiary alicyclic amines) is 1. The highest BCUT2D eigenvalue weighted by atomic mass is 19.1. The monoisotopic (exact) mass is 275 g/mol. The first-order chi connectivity index (χ1) is 9.63. The van der Waals surface area contributed by atoms with Crippen molar-refractivity contribution in [2.75, 3.05) is 18.4 Å². The summed E-state index contributed by atoms with van der Waals surface area (Å²) in [5.74, 6) is -0.376. The number of aromatic nitrogens is 1. The third-order valence-electron chi connectivity index (χ3n) is 3.49. The average Bonchev–Trinajstić information content (AvgIpc) is 2.87. The molecule has 0 saturated carbocycles. The first-order valence-corrected chi connectivity index (χ1v) is 6.42. The predicted octanol–water partition coefficient (Wildman–Crippen LogP) is 2.54. The Morgan fingerprint density at radius 2 is 2.35 bits per heavy atom. The Balaban J connectivity index is 1.80. The van der Waals surface area contributed by atoms with E-state index in [2.05, 4.69) is 10.3 Å². The van der Waals surface area contributed by atoms with E-state index < -0.39 is 6.09 Å². The van der Waals surface area contributed by atoms with Crippen LogP contribution in [0.25, 0.3) is 10.9 Å². The van der Waals surface area contributed by atoms with E-state index in [0.29, 0.717) is 24.3 Å². The zero-order valence-electron chi connectivity index (χ0n) is 10.7. The van der Waals surface area contributed by atoms with Gasteiger partial charge >= 0.3 is 6.09 Å². The molecule has 3 rings (SSSR count). The number of hydrogen-bond donors (Lipinski definition) is 2. The van der Waals surface area contributed by atoms with Crippen LogP contribution in [-0.4, -0.2) is 40.2 Å². The highest BCUT2D eigenvalue weighted by Gasteiger charge is 2.25. The minimum absolute atomic E-state index is 0.0135. The molecule has 1 aromatic heterocycles. The van der Waals surface area contributed by atoms with Gasteiger partial charge in [-0.2, -0.15) is 0 Å². The minimum atomic E-state index is -0.914. The topological polar surface area (TPSA) is 65.5 Å². The molecule has 0 bridgehead atoms. The number of fused-ring (bicyclic) bond motifs is 1. The maximum atomic E-state index is 13.9. The number of rotatable bonds is 2. The number of halogens is 1. The van der Waals surface area contributed by atoms with Crippen LogP contribution in [0.3, 0.4) is 0 Å². The van der Waals surface area contributed by atoms with Crippen LogP contribution >= 0.6 is 0 Å². The number of hydrogen-bond acceptors (Lipinski definition) is 3. The van der Waals surface area contributed by atoms with Gasteiger partial charge in [0.15, 0.2) is 5.82 Å². The summed E-state index contributed by atoms with van der Waals surface area (Å²) in [5, 5.41) is 12.8. The molecule has 20 heavy (non-hydrogen) atoms. The molecule has 0 unspecified atom stereocenters. The van der Waals surface area contributed by atoms with Crippen molar-refractivity contribution in [1.29, 1.82) is 0 Å². The van der Waals surface area contributed by atoms with Crippen molar-refractivity contribution in [1.82, 2.24) is 9.88 Å². The number of nitrogens with one attached hydrogen (secondary N) is 1. The summed E-state index contributed by atoms with van der Waals surface area (Å²) in [6.07, 6.45) is 1.36. The highest BCUT2D eigenvalue weighted by molar-refractivity contribution is 5.82. The van der Waals surface area contributed by atoms with Gasteiger partial charge in [-0.05, 0) is 24.6 Å². The summed E-state index contributed by atoms with van der Waals surface area (Å²) in [7, 11) is 0. The lowest BCUT2D eigenvalue weighted by atomic mass is 10.1. The van der Waals surface area contributed by atoms with Crippen LogP contribution in [0, 0.1) is 5.82 Å². The van der Waals surface area contributed by atoms with E-state index in [1.54, 1.807) is 18.3 Å². The number of amides is 1. The molecule has 0 radical (unpaired) electrons. The smallest absolute Gasteiger partial charge is 0.407 e. The van der Waals surface area contributed by atoms with Gasteiger partial charge in [-0.25, -0.2) is 9.18 Å². The Kier molecular flexibility index (Phi) is 3.14. The molecule has 2 aromatic rings. The molecule has 5 nitrogen and oxygen atoms in total. The lowest BCUT2D eigenvalue weighted by Crippen LogP contribution is -2.30. The standard InChI is InChI=1S/C14H14FN3O2/c15-12-7-11(6-9-2-1-4-16-13(9)12)17-10-3-5-18(8-10)14(19)20/h1-2,4,6-7,10,17H,3,5,8H2,(H,19,20)/t10-/m1/s1. The van der Waals surface area contributed by atoms with Crippen LogP contribution in [0.15, 0.2) is 30.5 Å². The molecule has 1 atom stereocenters. The lowest BCUT2D eigenvalue weighted by molar-refractivity contribution is 0.155. The highest BCUT2D eigenvalue weighted by Crippen LogP contribution is 2.23. The van der Waals surface area contributed by atoms with Gasteiger partial charge in [-0.15, -0.1) is 0 Å². The van der Waals surface area contributed by atoms with Crippen molar-refractivity contribution in [3.63, 3.8) is 0 Å². The Morgan fingerprint density at radius 3 is 3.10 bits per heavy atom. The molecule has 1 aromatic carbocycles. The summed E-state index contributed by atoms with van der Waals surface area (Å²) in [6, 6.07) is 6.80. The number of carboxylic acid groups (broad SMARTS) is 1. The number of carbonyl (C=O) groups is 1. The Hall–Kier alpha value is -2.37. The van der Waals surface area contributed by atoms with Gasteiger partial charge in [0, 0.05) is 36.4 Å². The third-order valence-corrected chi connectivity index (χ3v) is 3.49. The number of benzene rings is 1. The van der Waals surface area contributed by atoms with E-state index in [1.807, 2.05) is 6.07 Å². The second-order valence-electron chi connectivity index (χ2n) is 4.89. The van der Waals surface area contributed by atoms with Crippen molar-refractivity contribution in [3.8, 4) is 0 Å². The van der Waals surface area contributed by atoms with Crippen LogP contribution < -0.4 is 5.32 Å².